The van der Waals surface area contributed by atoms with Crippen molar-refractivity contribution in [3.63, 3.8) is 0 Å². The summed E-state index contributed by atoms with van der Waals surface area (Å²) in [6, 6.07) is 10.4. The van der Waals surface area contributed by atoms with Gasteiger partial charge in [-0.15, -0.1) is 0 Å². The molecule has 5 nitrogen and oxygen atoms in total. The van der Waals surface area contributed by atoms with Gasteiger partial charge in [0.25, 0.3) is 0 Å². The zero-order chi connectivity index (χ0) is 15.4. The quantitative estimate of drug-likeness (QED) is 0.866. The van der Waals surface area contributed by atoms with Crippen LogP contribution in [0.2, 0.25) is 0 Å². The molecule has 1 saturated heterocycles. The predicted molar refractivity (Wildman–Crippen MR) is 86.8 cm³/mol. The van der Waals surface area contributed by atoms with E-state index in [0.29, 0.717) is 13.0 Å². The van der Waals surface area contributed by atoms with Crippen LogP contribution in [0.1, 0.15) is 12.1 Å². The van der Waals surface area contributed by atoms with Gasteiger partial charge in [-0.3, -0.25) is 4.79 Å². The maximum Gasteiger partial charge on any atom is 0.224 e. The van der Waals surface area contributed by atoms with Gasteiger partial charge in [0.05, 0.1) is 12.0 Å². The number of para-hydroxylation sites is 1. The van der Waals surface area contributed by atoms with E-state index in [1.54, 1.807) is 6.33 Å². The van der Waals surface area contributed by atoms with Crippen molar-refractivity contribution < 1.29 is 4.79 Å². The first kappa shape index (κ1) is 14.6. The van der Waals surface area contributed by atoms with Crippen LogP contribution in [0.5, 0.6) is 0 Å². The molecule has 0 unspecified atom stereocenters. The van der Waals surface area contributed by atoms with Crippen molar-refractivity contribution >= 4 is 11.6 Å². The fourth-order valence-electron chi connectivity index (χ4n) is 2.83. The molecule has 0 atom stereocenters. The van der Waals surface area contributed by atoms with E-state index in [0.717, 1.165) is 31.9 Å². The Labute approximate surface area is 131 Å². The molecule has 116 valence electrons. The zero-order valence-electron chi connectivity index (χ0n) is 13.0. The van der Waals surface area contributed by atoms with Crippen molar-refractivity contribution in [2.45, 2.75) is 19.9 Å². The van der Waals surface area contributed by atoms with Crippen molar-refractivity contribution in [2.75, 3.05) is 31.1 Å². The van der Waals surface area contributed by atoms with Gasteiger partial charge in [-0.25, -0.2) is 4.98 Å². The Morgan fingerprint density at radius 3 is 2.50 bits per heavy atom. The van der Waals surface area contributed by atoms with Crippen molar-refractivity contribution in [3.8, 4) is 0 Å². The molecule has 3 rings (SSSR count). The lowest BCUT2D eigenvalue weighted by Crippen LogP contribution is -2.48. The molecule has 0 radical (unpaired) electrons. The number of amides is 1. The first-order chi connectivity index (χ1) is 10.7. The number of hydrogen-bond donors (Lipinski definition) is 0. The highest BCUT2D eigenvalue weighted by atomic mass is 16.2. The molecule has 1 aromatic heterocycles. The second-order valence-corrected chi connectivity index (χ2v) is 5.71. The summed E-state index contributed by atoms with van der Waals surface area (Å²) in [6.45, 7) is 6.08. The topological polar surface area (TPSA) is 41.4 Å². The van der Waals surface area contributed by atoms with Gasteiger partial charge in [0.1, 0.15) is 0 Å². The van der Waals surface area contributed by atoms with Gasteiger partial charge in [0, 0.05) is 51.0 Å². The second kappa shape index (κ2) is 6.64. The third-order valence-corrected chi connectivity index (χ3v) is 4.10. The van der Waals surface area contributed by atoms with Gasteiger partial charge in [0.2, 0.25) is 5.91 Å². The molecule has 22 heavy (non-hydrogen) atoms. The van der Waals surface area contributed by atoms with Gasteiger partial charge in [-0.05, 0) is 19.1 Å². The van der Waals surface area contributed by atoms with E-state index in [2.05, 4.69) is 34.1 Å². The van der Waals surface area contributed by atoms with Gasteiger partial charge < -0.3 is 14.4 Å². The van der Waals surface area contributed by atoms with E-state index in [1.807, 2.05) is 28.7 Å². The van der Waals surface area contributed by atoms with Crippen LogP contribution < -0.4 is 4.90 Å². The Morgan fingerprint density at radius 1 is 1.14 bits per heavy atom. The summed E-state index contributed by atoms with van der Waals surface area (Å²) in [5, 5.41) is 0. The van der Waals surface area contributed by atoms with E-state index in [9.17, 15) is 4.79 Å². The normalized spacial score (nSPS) is 15.1. The van der Waals surface area contributed by atoms with Crippen LogP contribution >= 0.6 is 0 Å². The first-order valence-corrected chi connectivity index (χ1v) is 7.78. The molecule has 0 aliphatic carbocycles. The summed E-state index contributed by atoms with van der Waals surface area (Å²) in [5.41, 5.74) is 2.23. The van der Waals surface area contributed by atoms with Gasteiger partial charge in [-0.2, -0.15) is 0 Å². The molecule has 2 aromatic rings. The fraction of sp³-hybridized carbons (Fsp3) is 0.412. The molecule has 2 heterocycles. The van der Waals surface area contributed by atoms with Crippen LogP contribution in [-0.4, -0.2) is 46.5 Å². The number of aryl methyl sites for hydroxylation is 2. The minimum absolute atomic E-state index is 0.235. The number of imidazole rings is 1. The number of carbonyl (C=O) groups is 1. The van der Waals surface area contributed by atoms with Crippen LogP contribution in [0.25, 0.3) is 0 Å². The second-order valence-electron chi connectivity index (χ2n) is 5.71. The first-order valence-electron chi connectivity index (χ1n) is 7.78. The zero-order valence-corrected chi connectivity index (χ0v) is 13.0. The van der Waals surface area contributed by atoms with Gasteiger partial charge in [-0.1, -0.05) is 18.2 Å². The highest BCUT2D eigenvalue weighted by molar-refractivity contribution is 5.76. The maximum absolute atomic E-state index is 12.3. The van der Waals surface area contributed by atoms with Crippen molar-refractivity contribution in [3.05, 3.63) is 48.5 Å². The Balaban J connectivity index is 1.47. The van der Waals surface area contributed by atoms with Crippen LogP contribution in [-0.2, 0) is 11.3 Å². The van der Waals surface area contributed by atoms with Crippen molar-refractivity contribution in [1.29, 1.82) is 0 Å². The molecule has 1 aliphatic rings. The third kappa shape index (κ3) is 3.47. The molecule has 5 heteroatoms. The summed E-state index contributed by atoms with van der Waals surface area (Å²) >= 11 is 0. The van der Waals surface area contributed by atoms with Crippen LogP contribution in [0.4, 0.5) is 5.69 Å². The smallest absolute Gasteiger partial charge is 0.224 e. The third-order valence-electron chi connectivity index (χ3n) is 4.10. The number of nitrogens with zero attached hydrogens (tertiary/aromatic N) is 4. The number of benzene rings is 1. The lowest BCUT2D eigenvalue weighted by molar-refractivity contribution is -0.131. The fourth-order valence-corrected chi connectivity index (χ4v) is 2.83. The summed E-state index contributed by atoms with van der Waals surface area (Å²) in [5.74, 6) is 0.235. The molecule has 0 spiro atoms. The molecule has 1 aromatic carbocycles. The van der Waals surface area contributed by atoms with E-state index < -0.39 is 0 Å². The number of anilines is 1. The average molecular weight is 298 g/mol. The lowest BCUT2D eigenvalue weighted by Gasteiger charge is -2.36. The largest absolute Gasteiger partial charge is 0.368 e. The molecular weight excluding hydrogens is 276 g/mol. The molecule has 0 bridgehead atoms. The van der Waals surface area contributed by atoms with Crippen LogP contribution in [0, 0.1) is 6.92 Å². The Morgan fingerprint density at radius 2 is 1.86 bits per heavy atom. The minimum atomic E-state index is 0.235. The van der Waals surface area contributed by atoms with Crippen molar-refractivity contribution in [2.24, 2.45) is 0 Å². The maximum atomic E-state index is 12.3. The van der Waals surface area contributed by atoms with E-state index in [1.165, 1.54) is 5.69 Å². The van der Waals surface area contributed by atoms with E-state index in [4.69, 9.17) is 0 Å². The molecule has 1 amide bonds. The molecule has 1 fully saturated rings. The lowest BCUT2D eigenvalue weighted by atomic mass is 10.2. The number of piperazine rings is 1. The molecule has 0 saturated carbocycles. The Bertz CT molecular complexity index is 615. The SMILES string of the molecule is Cc1cn(CCC(=O)N2CCN(c3ccccc3)CC2)cn1. The number of rotatable bonds is 4. The summed E-state index contributed by atoms with van der Waals surface area (Å²) in [7, 11) is 0. The number of aromatic nitrogens is 2. The summed E-state index contributed by atoms with van der Waals surface area (Å²) in [6.07, 6.45) is 4.30. The number of carbonyl (C=O) groups excluding carboxylic acids is 1. The molecule has 0 N–H and O–H groups in total. The summed E-state index contributed by atoms with van der Waals surface area (Å²) in [4.78, 5) is 20.8. The molecular formula is C17H22N4O. The average Bonchev–Trinajstić information content (AvgIpc) is 2.99. The number of hydrogen-bond acceptors (Lipinski definition) is 3. The van der Waals surface area contributed by atoms with E-state index in [-0.39, 0.29) is 5.91 Å². The Kier molecular flexibility index (Phi) is 4.42. The minimum Gasteiger partial charge on any atom is -0.368 e. The molecule has 1 aliphatic heterocycles. The predicted octanol–water partition coefficient (Wildman–Crippen LogP) is 1.93. The standard InChI is InChI=1S/C17H22N4O/c1-15-13-19(14-18-15)8-7-17(22)21-11-9-20(10-12-21)16-5-3-2-4-6-16/h2-6,13-14H,7-12H2,1H3. The van der Waals surface area contributed by atoms with Gasteiger partial charge in [0.15, 0.2) is 0 Å². The summed E-state index contributed by atoms with van der Waals surface area (Å²) < 4.78 is 1.98. The van der Waals surface area contributed by atoms with E-state index >= 15 is 0 Å². The van der Waals surface area contributed by atoms with Gasteiger partial charge >= 0.3 is 0 Å². The van der Waals surface area contributed by atoms with Crippen LogP contribution in [0.3, 0.4) is 0 Å². The Hall–Kier alpha value is -2.30. The van der Waals surface area contributed by atoms with Crippen molar-refractivity contribution in [1.82, 2.24) is 14.5 Å². The highest BCUT2D eigenvalue weighted by Gasteiger charge is 2.20. The highest BCUT2D eigenvalue weighted by Crippen LogP contribution is 2.15. The van der Waals surface area contributed by atoms with Crippen LogP contribution in [0.15, 0.2) is 42.9 Å². The monoisotopic (exact) mass is 298 g/mol.